The van der Waals surface area contributed by atoms with Gasteiger partial charge >= 0.3 is 0 Å². The number of sulfonamides is 1. The van der Waals surface area contributed by atoms with Gasteiger partial charge in [0.2, 0.25) is 5.91 Å². The maximum Gasteiger partial charge on any atom is 0.261 e. The fraction of sp³-hybridized carbons (Fsp3) is 0.391. The average molecular weight is 444 g/mol. The Bertz CT molecular complexity index is 991. The number of anilines is 1. The van der Waals surface area contributed by atoms with Crippen molar-refractivity contribution >= 4 is 27.5 Å². The van der Waals surface area contributed by atoms with Crippen LogP contribution in [0, 0.1) is 5.92 Å². The molecule has 2 aromatic rings. The second-order valence-electron chi connectivity index (χ2n) is 7.73. The van der Waals surface area contributed by atoms with Crippen molar-refractivity contribution in [2.45, 2.75) is 37.5 Å². The molecule has 7 nitrogen and oxygen atoms in total. The smallest absolute Gasteiger partial charge is 0.261 e. The van der Waals surface area contributed by atoms with Crippen LogP contribution in [0.25, 0.3) is 0 Å². The van der Waals surface area contributed by atoms with Crippen LogP contribution in [0.4, 0.5) is 5.69 Å². The second kappa shape index (κ2) is 10.4. The summed E-state index contributed by atoms with van der Waals surface area (Å²) in [6.07, 6.45) is 3.53. The van der Waals surface area contributed by atoms with Crippen LogP contribution in [0.5, 0.6) is 0 Å². The van der Waals surface area contributed by atoms with Gasteiger partial charge in [-0.05, 0) is 55.7 Å². The largest absolute Gasteiger partial charge is 0.356 e. The van der Waals surface area contributed by atoms with Crippen LogP contribution >= 0.6 is 0 Å². The Balaban J connectivity index is 1.61. The number of hydrogen-bond donors (Lipinski definition) is 2. The van der Waals surface area contributed by atoms with E-state index >= 15 is 0 Å². The van der Waals surface area contributed by atoms with Crippen molar-refractivity contribution < 1.29 is 18.0 Å². The first-order valence-electron chi connectivity index (χ1n) is 10.7. The molecule has 2 aromatic carbocycles. The minimum atomic E-state index is -3.68. The molecule has 166 valence electrons. The van der Waals surface area contributed by atoms with E-state index in [9.17, 15) is 18.0 Å². The standard InChI is InChI=1S/C23H29N3O4S/c1-2-3-15-24-22(27)19-8-7-16-26(17-19)23(28)18-11-13-20(14-12-18)25-31(29,30)21-9-5-4-6-10-21/h4-6,9-14,19,25H,2-3,7-8,15-17H2,1H3,(H,24,27)/t19-/m1/s1. The number of amides is 2. The molecule has 1 saturated heterocycles. The molecule has 3 rings (SSSR count). The fourth-order valence-corrected chi connectivity index (χ4v) is 4.67. The third kappa shape index (κ3) is 6.07. The first-order chi connectivity index (χ1) is 14.9. The van der Waals surface area contributed by atoms with E-state index in [0.29, 0.717) is 30.9 Å². The van der Waals surface area contributed by atoms with Crippen molar-refractivity contribution in [2.24, 2.45) is 5.92 Å². The summed E-state index contributed by atoms with van der Waals surface area (Å²) in [5.74, 6) is -0.327. The molecule has 1 heterocycles. The van der Waals surface area contributed by atoms with Gasteiger partial charge in [0.05, 0.1) is 10.8 Å². The van der Waals surface area contributed by atoms with Gasteiger partial charge < -0.3 is 10.2 Å². The Morgan fingerprint density at radius 3 is 2.45 bits per heavy atom. The van der Waals surface area contributed by atoms with Crippen LogP contribution in [0.15, 0.2) is 59.5 Å². The number of hydrogen-bond acceptors (Lipinski definition) is 4. The number of carbonyl (C=O) groups excluding carboxylic acids is 2. The predicted molar refractivity (Wildman–Crippen MR) is 120 cm³/mol. The van der Waals surface area contributed by atoms with E-state index in [4.69, 9.17) is 0 Å². The van der Waals surface area contributed by atoms with Gasteiger partial charge in [0.15, 0.2) is 0 Å². The molecule has 1 aliphatic rings. The molecular weight excluding hydrogens is 414 g/mol. The highest BCUT2D eigenvalue weighted by molar-refractivity contribution is 7.92. The normalized spacial score (nSPS) is 16.5. The third-order valence-electron chi connectivity index (χ3n) is 5.35. The quantitative estimate of drug-likeness (QED) is 0.612. The van der Waals surface area contributed by atoms with Crippen LogP contribution in [0.2, 0.25) is 0 Å². The van der Waals surface area contributed by atoms with E-state index in [1.165, 1.54) is 12.1 Å². The molecule has 0 radical (unpaired) electrons. The highest BCUT2D eigenvalue weighted by atomic mass is 32.2. The number of unbranched alkanes of at least 4 members (excludes halogenated alkanes) is 1. The first-order valence-corrected chi connectivity index (χ1v) is 12.1. The summed E-state index contributed by atoms with van der Waals surface area (Å²) in [5.41, 5.74) is 0.849. The number of piperidine rings is 1. The van der Waals surface area contributed by atoms with Crippen LogP contribution < -0.4 is 10.0 Å². The number of rotatable bonds is 8. The van der Waals surface area contributed by atoms with Crippen molar-refractivity contribution in [3.63, 3.8) is 0 Å². The molecule has 2 amide bonds. The fourth-order valence-electron chi connectivity index (χ4n) is 3.59. The second-order valence-corrected chi connectivity index (χ2v) is 9.41. The minimum Gasteiger partial charge on any atom is -0.356 e. The van der Waals surface area contributed by atoms with Gasteiger partial charge in [-0.3, -0.25) is 14.3 Å². The van der Waals surface area contributed by atoms with Crippen LogP contribution in [0.1, 0.15) is 43.0 Å². The summed E-state index contributed by atoms with van der Waals surface area (Å²) >= 11 is 0. The van der Waals surface area contributed by atoms with Gasteiger partial charge in [-0.1, -0.05) is 31.5 Å². The van der Waals surface area contributed by atoms with Gasteiger partial charge in [0, 0.05) is 30.9 Å². The lowest BCUT2D eigenvalue weighted by Crippen LogP contribution is -2.45. The Morgan fingerprint density at radius 1 is 1.06 bits per heavy atom. The maximum absolute atomic E-state index is 12.9. The number of nitrogens with one attached hydrogen (secondary N) is 2. The third-order valence-corrected chi connectivity index (χ3v) is 6.74. The lowest BCUT2D eigenvalue weighted by Gasteiger charge is -2.32. The molecule has 0 aliphatic carbocycles. The van der Waals surface area contributed by atoms with Crippen LogP contribution in [-0.4, -0.2) is 44.8 Å². The van der Waals surface area contributed by atoms with E-state index in [2.05, 4.69) is 17.0 Å². The molecule has 0 unspecified atom stereocenters. The zero-order chi connectivity index (χ0) is 22.3. The number of likely N-dealkylation sites (tertiary alicyclic amines) is 1. The predicted octanol–water partition coefficient (Wildman–Crippen LogP) is 3.26. The zero-order valence-electron chi connectivity index (χ0n) is 17.7. The number of carbonyl (C=O) groups is 2. The Kier molecular flexibility index (Phi) is 7.68. The molecule has 1 fully saturated rings. The van der Waals surface area contributed by atoms with Gasteiger partial charge in [-0.15, -0.1) is 0 Å². The van der Waals surface area contributed by atoms with Crippen LogP contribution in [0.3, 0.4) is 0 Å². The summed E-state index contributed by atoms with van der Waals surface area (Å²) in [4.78, 5) is 27.1. The molecule has 2 N–H and O–H groups in total. The molecule has 8 heteroatoms. The van der Waals surface area contributed by atoms with E-state index in [1.54, 1.807) is 47.4 Å². The molecule has 0 aromatic heterocycles. The Hall–Kier alpha value is -2.87. The van der Waals surface area contributed by atoms with Crippen molar-refractivity contribution in [3.8, 4) is 0 Å². The highest BCUT2D eigenvalue weighted by Gasteiger charge is 2.28. The average Bonchev–Trinajstić information content (AvgIpc) is 2.79. The van der Waals surface area contributed by atoms with E-state index in [1.807, 2.05) is 0 Å². The number of benzene rings is 2. The molecule has 0 saturated carbocycles. The van der Waals surface area contributed by atoms with E-state index in [0.717, 1.165) is 25.7 Å². The van der Waals surface area contributed by atoms with Crippen molar-refractivity contribution in [3.05, 3.63) is 60.2 Å². The van der Waals surface area contributed by atoms with Crippen molar-refractivity contribution in [2.75, 3.05) is 24.4 Å². The molecule has 1 atom stereocenters. The molecule has 0 spiro atoms. The van der Waals surface area contributed by atoms with E-state index < -0.39 is 10.0 Å². The monoisotopic (exact) mass is 443 g/mol. The van der Waals surface area contributed by atoms with Crippen molar-refractivity contribution in [1.29, 1.82) is 0 Å². The SMILES string of the molecule is CCCCNC(=O)[C@@H]1CCCN(C(=O)c2ccc(NS(=O)(=O)c3ccccc3)cc2)C1. The van der Waals surface area contributed by atoms with Gasteiger partial charge in [0.1, 0.15) is 0 Å². The summed E-state index contributed by atoms with van der Waals surface area (Å²) in [6.45, 7) is 3.75. The van der Waals surface area contributed by atoms with Gasteiger partial charge in [0.25, 0.3) is 15.9 Å². The lowest BCUT2D eigenvalue weighted by atomic mass is 9.96. The van der Waals surface area contributed by atoms with E-state index in [-0.39, 0.29) is 22.6 Å². The first kappa shape index (κ1) is 22.8. The maximum atomic E-state index is 12.9. The minimum absolute atomic E-state index is 0.0108. The lowest BCUT2D eigenvalue weighted by molar-refractivity contribution is -0.126. The highest BCUT2D eigenvalue weighted by Crippen LogP contribution is 2.21. The molecular formula is C23H29N3O4S. The molecule has 1 aliphatic heterocycles. The summed E-state index contributed by atoms with van der Waals surface area (Å²) in [7, 11) is -3.68. The topological polar surface area (TPSA) is 95.6 Å². The number of nitrogens with zero attached hydrogens (tertiary/aromatic N) is 1. The summed E-state index contributed by atoms with van der Waals surface area (Å²) < 4.78 is 27.4. The Labute approximate surface area is 183 Å². The van der Waals surface area contributed by atoms with Crippen LogP contribution in [-0.2, 0) is 14.8 Å². The molecule has 31 heavy (non-hydrogen) atoms. The molecule has 0 bridgehead atoms. The summed E-state index contributed by atoms with van der Waals surface area (Å²) in [5, 5.41) is 2.95. The van der Waals surface area contributed by atoms with Crippen molar-refractivity contribution in [1.82, 2.24) is 10.2 Å². The summed E-state index contributed by atoms with van der Waals surface area (Å²) in [6, 6.07) is 14.5. The van der Waals surface area contributed by atoms with Gasteiger partial charge in [-0.2, -0.15) is 0 Å². The van der Waals surface area contributed by atoms with Gasteiger partial charge in [-0.25, -0.2) is 8.42 Å². The Morgan fingerprint density at radius 2 is 1.77 bits per heavy atom. The zero-order valence-corrected chi connectivity index (χ0v) is 18.5.